The van der Waals surface area contributed by atoms with Crippen molar-refractivity contribution in [1.29, 1.82) is 0 Å². The van der Waals surface area contributed by atoms with Gasteiger partial charge in [-0.1, -0.05) is 23.2 Å². The molecule has 0 atom stereocenters. The van der Waals surface area contributed by atoms with E-state index in [-0.39, 0.29) is 27.8 Å². The first-order valence-electron chi connectivity index (χ1n) is 8.53. The molecule has 31 heavy (non-hydrogen) atoms. The zero-order chi connectivity index (χ0) is 22.4. The number of nitrogens with zero attached hydrogens (tertiary/aromatic N) is 4. The highest BCUT2D eigenvalue weighted by Crippen LogP contribution is 2.19. The van der Waals surface area contributed by atoms with Crippen LogP contribution in [0.5, 0.6) is 0 Å². The van der Waals surface area contributed by atoms with Crippen LogP contribution in [-0.4, -0.2) is 30.3 Å². The van der Waals surface area contributed by atoms with Gasteiger partial charge in [0.15, 0.2) is 0 Å². The van der Waals surface area contributed by atoms with E-state index in [4.69, 9.17) is 34.7 Å². The molecule has 0 saturated carbocycles. The minimum atomic E-state index is -3.89. The van der Waals surface area contributed by atoms with Gasteiger partial charge >= 0.3 is 0 Å². The molecule has 0 radical (unpaired) electrons. The molecule has 0 aliphatic heterocycles. The summed E-state index contributed by atoms with van der Waals surface area (Å²) >= 11 is 11.5. The molecule has 0 fully saturated rings. The number of sulfonamides is 1. The van der Waals surface area contributed by atoms with E-state index >= 15 is 0 Å². The Hall–Kier alpha value is -3.41. The number of nitrogens with two attached hydrogens (primary N) is 2. The molecule has 10 nitrogen and oxygen atoms in total. The van der Waals surface area contributed by atoms with Gasteiger partial charge in [0.2, 0.25) is 17.9 Å². The highest BCUT2D eigenvalue weighted by atomic mass is 35.5. The lowest BCUT2D eigenvalue weighted by molar-refractivity contribution is 0.601. The van der Waals surface area contributed by atoms with E-state index in [1.807, 2.05) is 0 Å². The zero-order valence-corrected chi connectivity index (χ0v) is 18.0. The van der Waals surface area contributed by atoms with Crippen LogP contribution in [0.15, 0.2) is 75.8 Å². The maximum atomic E-state index is 12.4. The monoisotopic (exact) mass is 478 g/mol. The van der Waals surface area contributed by atoms with Gasteiger partial charge in [-0.25, -0.2) is 28.1 Å². The van der Waals surface area contributed by atoms with Gasteiger partial charge in [-0.3, -0.25) is 0 Å². The average molecular weight is 479 g/mol. The Morgan fingerprint density at radius 1 is 0.903 bits per heavy atom. The van der Waals surface area contributed by atoms with Crippen LogP contribution in [0.25, 0.3) is 0 Å². The first kappa shape index (κ1) is 22.3. The molecule has 1 aromatic heterocycles. The van der Waals surface area contributed by atoms with Crippen molar-refractivity contribution < 1.29 is 8.42 Å². The second-order valence-corrected chi connectivity index (χ2v) is 8.48. The van der Waals surface area contributed by atoms with Crippen molar-refractivity contribution in [3.05, 3.63) is 71.0 Å². The lowest BCUT2D eigenvalue weighted by Gasteiger charge is -2.07. The fourth-order valence-electron chi connectivity index (χ4n) is 2.23. The van der Waals surface area contributed by atoms with Crippen LogP contribution in [0.4, 0.5) is 17.3 Å². The van der Waals surface area contributed by atoms with E-state index in [0.717, 1.165) is 0 Å². The summed E-state index contributed by atoms with van der Waals surface area (Å²) in [5.74, 6) is -0.203. The minimum Gasteiger partial charge on any atom is -0.369 e. The summed E-state index contributed by atoms with van der Waals surface area (Å²) in [6, 6.07) is 12.5. The van der Waals surface area contributed by atoms with Crippen LogP contribution in [0, 0.1) is 0 Å². The topological polar surface area (TPSA) is 161 Å². The molecule has 160 valence electrons. The summed E-state index contributed by atoms with van der Waals surface area (Å²) in [4.78, 5) is 15.6. The third kappa shape index (κ3) is 6.54. The molecule has 0 spiro atoms. The number of rotatable bonds is 5. The first-order valence-corrected chi connectivity index (χ1v) is 10.8. The van der Waals surface area contributed by atoms with E-state index in [2.05, 4.69) is 30.0 Å². The predicted octanol–water partition coefficient (Wildman–Crippen LogP) is 2.96. The summed E-state index contributed by atoms with van der Waals surface area (Å²) < 4.78 is 27.1. The van der Waals surface area contributed by atoms with E-state index in [0.29, 0.717) is 16.4 Å². The Labute approximate surface area is 188 Å². The Morgan fingerprint density at radius 3 is 2.13 bits per heavy atom. The van der Waals surface area contributed by atoms with Crippen LogP contribution < -0.4 is 21.5 Å². The van der Waals surface area contributed by atoms with E-state index in [1.165, 1.54) is 36.7 Å². The summed E-state index contributed by atoms with van der Waals surface area (Å²) in [5, 5.41) is 3.72. The molecule has 2 aromatic carbocycles. The highest BCUT2D eigenvalue weighted by molar-refractivity contribution is 7.92. The number of halogens is 2. The lowest BCUT2D eigenvalue weighted by atomic mass is 10.3. The third-order valence-corrected chi connectivity index (χ3v) is 5.38. The highest BCUT2D eigenvalue weighted by Gasteiger charge is 2.15. The van der Waals surface area contributed by atoms with Gasteiger partial charge in [0.1, 0.15) is 0 Å². The zero-order valence-electron chi connectivity index (χ0n) is 15.7. The van der Waals surface area contributed by atoms with Crippen molar-refractivity contribution in [2.45, 2.75) is 4.90 Å². The molecular weight excluding hydrogens is 463 g/mol. The van der Waals surface area contributed by atoms with Crippen LogP contribution >= 0.6 is 23.2 Å². The van der Waals surface area contributed by atoms with Crippen molar-refractivity contribution in [2.75, 3.05) is 10.0 Å². The Balaban J connectivity index is 1.68. The van der Waals surface area contributed by atoms with Crippen molar-refractivity contribution in [3.8, 4) is 0 Å². The quantitative estimate of drug-likeness (QED) is 0.323. The van der Waals surface area contributed by atoms with Crippen molar-refractivity contribution >= 4 is 62.5 Å². The summed E-state index contributed by atoms with van der Waals surface area (Å²) in [6.45, 7) is 0. The normalized spacial score (nSPS) is 12.5. The SMILES string of the molecule is NC(=Nc1ccc(S(=O)(=O)Nc2ncc(Cl)cn2)cc1)/N=C(\N)Nc1ccc(Cl)cc1. The smallest absolute Gasteiger partial charge is 0.264 e. The van der Waals surface area contributed by atoms with Gasteiger partial charge in [-0.15, -0.1) is 0 Å². The van der Waals surface area contributed by atoms with Crippen LogP contribution in [0.1, 0.15) is 0 Å². The second-order valence-electron chi connectivity index (χ2n) is 5.92. The predicted molar refractivity (Wildman–Crippen MR) is 122 cm³/mol. The Kier molecular flexibility index (Phi) is 6.90. The van der Waals surface area contributed by atoms with E-state index in [1.54, 1.807) is 24.3 Å². The lowest BCUT2D eigenvalue weighted by Crippen LogP contribution is -2.25. The van der Waals surface area contributed by atoms with Crippen LogP contribution in [0.3, 0.4) is 0 Å². The molecule has 3 rings (SSSR count). The molecule has 0 aliphatic carbocycles. The second kappa shape index (κ2) is 9.60. The maximum Gasteiger partial charge on any atom is 0.264 e. The Morgan fingerprint density at radius 2 is 1.52 bits per heavy atom. The first-order chi connectivity index (χ1) is 14.7. The van der Waals surface area contributed by atoms with Gasteiger partial charge in [-0.05, 0) is 48.5 Å². The number of guanidine groups is 2. The molecular formula is C18H16Cl2N8O2S. The summed E-state index contributed by atoms with van der Waals surface area (Å²) in [6.07, 6.45) is 2.56. The van der Waals surface area contributed by atoms with E-state index < -0.39 is 10.0 Å². The minimum absolute atomic E-state index is 0.0176. The molecule has 0 unspecified atom stereocenters. The fourth-order valence-corrected chi connectivity index (χ4v) is 3.42. The van der Waals surface area contributed by atoms with Gasteiger partial charge in [0.25, 0.3) is 10.0 Å². The number of nitrogens with one attached hydrogen (secondary N) is 2. The number of aromatic nitrogens is 2. The van der Waals surface area contributed by atoms with Crippen molar-refractivity contribution in [1.82, 2.24) is 9.97 Å². The van der Waals surface area contributed by atoms with Crippen molar-refractivity contribution in [2.24, 2.45) is 21.5 Å². The number of hydrogen-bond acceptors (Lipinski definition) is 5. The number of hydrogen-bond donors (Lipinski definition) is 4. The molecule has 1 heterocycles. The van der Waals surface area contributed by atoms with Crippen LogP contribution in [0.2, 0.25) is 10.0 Å². The number of aliphatic imine (C=N–C) groups is 2. The molecule has 6 N–H and O–H groups in total. The number of benzene rings is 2. The maximum absolute atomic E-state index is 12.4. The molecule has 13 heteroatoms. The van der Waals surface area contributed by atoms with Crippen molar-refractivity contribution in [3.63, 3.8) is 0 Å². The average Bonchev–Trinajstić information content (AvgIpc) is 2.71. The van der Waals surface area contributed by atoms with Gasteiger partial charge < -0.3 is 16.8 Å². The summed E-state index contributed by atoms with van der Waals surface area (Å²) in [7, 11) is -3.89. The molecule has 0 aliphatic rings. The van der Waals surface area contributed by atoms with Crippen LogP contribution in [-0.2, 0) is 10.0 Å². The van der Waals surface area contributed by atoms with E-state index in [9.17, 15) is 8.42 Å². The molecule has 0 saturated heterocycles. The largest absolute Gasteiger partial charge is 0.369 e. The number of anilines is 2. The fraction of sp³-hybridized carbons (Fsp3) is 0. The molecule has 0 amide bonds. The molecule has 0 bridgehead atoms. The van der Waals surface area contributed by atoms with Gasteiger partial charge in [0, 0.05) is 10.7 Å². The molecule has 3 aromatic rings. The standard InChI is InChI=1S/C18H16Cl2N8O2S/c19-11-1-3-13(4-2-11)25-16(21)27-17(22)26-14-5-7-15(8-6-14)31(29,30)28-18-23-9-12(20)10-24-18/h1-10H,(H,23,24,28)(H5,21,22,25,26,27). The van der Waals surface area contributed by atoms with Gasteiger partial charge in [-0.2, -0.15) is 4.99 Å². The Bertz CT molecular complexity index is 1210. The third-order valence-electron chi connectivity index (χ3n) is 3.59. The van der Waals surface area contributed by atoms with Gasteiger partial charge in [0.05, 0.1) is 28.0 Å². The summed E-state index contributed by atoms with van der Waals surface area (Å²) in [5.41, 5.74) is 12.6.